The summed E-state index contributed by atoms with van der Waals surface area (Å²) in [4.78, 5) is 22.0. The number of nitrogens with two attached hydrogens (primary N) is 1. The van der Waals surface area contributed by atoms with Gasteiger partial charge in [-0.1, -0.05) is 36.4 Å². The van der Waals surface area contributed by atoms with Crippen LogP contribution in [0, 0.1) is 0 Å². The Morgan fingerprint density at radius 1 is 0.923 bits per heavy atom. The minimum Gasteiger partial charge on any atom is -0.370 e. The minimum absolute atomic E-state index is 0.00384. The zero-order chi connectivity index (χ0) is 19.2. The third kappa shape index (κ3) is 5.50. The highest BCUT2D eigenvalue weighted by Crippen LogP contribution is 2.23. The van der Waals surface area contributed by atoms with Gasteiger partial charge < -0.3 is 5.73 Å². The molecule has 6 nitrogen and oxygen atoms in total. The molecule has 2 rings (SSSR count). The molecule has 138 valence electrons. The highest BCUT2D eigenvalue weighted by Gasteiger charge is 2.15. The normalized spacial score (nSPS) is 11.3. The maximum Gasteiger partial charge on any atom is 0.296 e. The number of ketones is 1. The van der Waals surface area contributed by atoms with Gasteiger partial charge in [0.1, 0.15) is 0 Å². The number of carbonyl (C=O) groups is 2. The number of amides is 1. The van der Waals surface area contributed by atoms with Gasteiger partial charge in [-0.15, -0.1) is 0 Å². The third-order valence-corrected chi connectivity index (χ3v) is 5.15. The fraction of sp³-hybridized carbons (Fsp3) is 0.263. The Morgan fingerprint density at radius 2 is 1.46 bits per heavy atom. The SMILES string of the molecule is CC(=O)c1ccc(-c2ccc(S(=O)(=O)OCCCCC(N)=O)cc2)cc1. The first-order chi connectivity index (χ1) is 12.3. The second-order valence-electron chi connectivity index (χ2n) is 5.86. The molecule has 1 amide bonds. The largest absolute Gasteiger partial charge is 0.370 e. The number of hydrogen-bond donors (Lipinski definition) is 1. The van der Waals surface area contributed by atoms with Crippen molar-refractivity contribution in [3.63, 3.8) is 0 Å². The quantitative estimate of drug-likeness (QED) is 0.412. The molecule has 0 saturated carbocycles. The van der Waals surface area contributed by atoms with Crippen LogP contribution in [-0.4, -0.2) is 26.7 Å². The summed E-state index contributed by atoms with van der Waals surface area (Å²) in [5.41, 5.74) is 7.36. The Hall–Kier alpha value is -2.51. The number of carbonyl (C=O) groups excluding carboxylic acids is 2. The molecular formula is C19H21NO5S. The summed E-state index contributed by atoms with van der Waals surface area (Å²) in [5.74, 6) is -0.425. The van der Waals surface area contributed by atoms with Crippen molar-refractivity contribution in [2.24, 2.45) is 5.73 Å². The molecule has 2 aromatic rings. The molecule has 0 radical (unpaired) electrons. The molecule has 0 aliphatic rings. The van der Waals surface area contributed by atoms with Crippen LogP contribution in [0.25, 0.3) is 11.1 Å². The lowest BCUT2D eigenvalue weighted by Gasteiger charge is -2.07. The standard InChI is InChI=1S/C19H21NO5S/c1-14(21)15-5-7-16(8-6-15)17-9-11-18(12-10-17)26(23,24)25-13-3-2-4-19(20)22/h5-12H,2-4,13H2,1H3,(H2,20,22). The van der Waals surface area contributed by atoms with Crippen LogP contribution in [0.15, 0.2) is 53.4 Å². The van der Waals surface area contributed by atoms with Crippen molar-refractivity contribution in [3.8, 4) is 11.1 Å². The highest BCUT2D eigenvalue weighted by atomic mass is 32.2. The van der Waals surface area contributed by atoms with Crippen molar-refractivity contribution < 1.29 is 22.2 Å². The Balaban J connectivity index is 2.01. The lowest BCUT2D eigenvalue weighted by atomic mass is 10.0. The van der Waals surface area contributed by atoms with Gasteiger partial charge in [-0.2, -0.15) is 8.42 Å². The van der Waals surface area contributed by atoms with E-state index in [2.05, 4.69) is 0 Å². The summed E-state index contributed by atoms with van der Waals surface area (Å²) >= 11 is 0. The van der Waals surface area contributed by atoms with Crippen LogP contribution in [-0.2, 0) is 19.1 Å². The first-order valence-corrected chi connectivity index (χ1v) is 9.59. The molecule has 0 spiro atoms. The van der Waals surface area contributed by atoms with Crippen molar-refractivity contribution in [2.75, 3.05) is 6.61 Å². The molecule has 0 fully saturated rings. The molecule has 26 heavy (non-hydrogen) atoms. The fourth-order valence-electron chi connectivity index (χ4n) is 2.35. The first kappa shape index (κ1) is 19.8. The maximum absolute atomic E-state index is 12.1. The number of primary amides is 1. The van der Waals surface area contributed by atoms with E-state index in [1.165, 1.54) is 19.1 Å². The van der Waals surface area contributed by atoms with Crippen molar-refractivity contribution in [2.45, 2.75) is 31.1 Å². The molecule has 0 unspecified atom stereocenters. The number of hydrogen-bond acceptors (Lipinski definition) is 5. The zero-order valence-corrected chi connectivity index (χ0v) is 15.3. The van der Waals surface area contributed by atoms with E-state index >= 15 is 0 Å². The smallest absolute Gasteiger partial charge is 0.296 e. The summed E-state index contributed by atoms with van der Waals surface area (Å²) in [6.07, 6.45) is 1.13. The van der Waals surface area contributed by atoms with Gasteiger partial charge in [0.25, 0.3) is 10.1 Å². The number of unbranched alkanes of at least 4 members (excludes halogenated alkanes) is 1. The van der Waals surface area contributed by atoms with Gasteiger partial charge in [0, 0.05) is 12.0 Å². The first-order valence-electron chi connectivity index (χ1n) is 8.19. The summed E-state index contributed by atoms with van der Waals surface area (Å²) in [7, 11) is -3.84. The van der Waals surface area contributed by atoms with Crippen molar-refractivity contribution in [1.29, 1.82) is 0 Å². The van der Waals surface area contributed by atoms with E-state index in [0.717, 1.165) is 11.1 Å². The lowest BCUT2D eigenvalue weighted by Crippen LogP contribution is -2.11. The van der Waals surface area contributed by atoms with E-state index < -0.39 is 16.0 Å². The number of benzene rings is 2. The molecule has 0 aliphatic carbocycles. The van der Waals surface area contributed by atoms with Crippen LogP contribution in [0.4, 0.5) is 0 Å². The molecule has 0 atom stereocenters. The Kier molecular flexibility index (Phi) is 6.65. The van der Waals surface area contributed by atoms with Gasteiger partial charge in [-0.05, 0) is 43.0 Å². The Morgan fingerprint density at radius 3 is 1.96 bits per heavy atom. The molecule has 7 heteroatoms. The van der Waals surface area contributed by atoms with Gasteiger partial charge in [0.2, 0.25) is 5.91 Å². The predicted octanol–water partition coefficient (Wildman–Crippen LogP) is 2.92. The van der Waals surface area contributed by atoms with Gasteiger partial charge >= 0.3 is 0 Å². The fourth-order valence-corrected chi connectivity index (χ4v) is 3.29. The van der Waals surface area contributed by atoms with Crippen LogP contribution in [0.3, 0.4) is 0 Å². The van der Waals surface area contributed by atoms with Crippen molar-refractivity contribution in [1.82, 2.24) is 0 Å². The van der Waals surface area contributed by atoms with E-state index in [0.29, 0.717) is 18.4 Å². The predicted molar refractivity (Wildman–Crippen MR) is 98.1 cm³/mol. The number of Topliss-reactive ketones (excluding diaryl/α,β-unsaturated/α-hetero) is 1. The molecule has 2 N–H and O–H groups in total. The molecule has 0 aliphatic heterocycles. The Bertz CT molecular complexity index is 871. The molecule has 0 heterocycles. The second-order valence-corrected chi connectivity index (χ2v) is 7.47. The molecule has 0 bridgehead atoms. The summed E-state index contributed by atoms with van der Waals surface area (Å²) in [6, 6.07) is 13.4. The van der Waals surface area contributed by atoms with Gasteiger partial charge in [-0.3, -0.25) is 13.8 Å². The summed E-state index contributed by atoms with van der Waals surface area (Å²) in [6.45, 7) is 1.51. The molecule has 0 aromatic heterocycles. The third-order valence-electron chi connectivity index (χ3n) is 3.82. The average molecular weight is 375 g/mol. The topological polar surface area (TPSA) is 104 Å². The van der Waals surface area contributed by atoms with Crippen LogP contribution < -0.4 is 5.73 Å². The van der Waals surface area contributed by atoms with Crippen molar-refractivity contribution >= 4 is 21.8 Å². The van der Waals surface area contributed by atoms with Crippen LogP contribution in [0.1, 0.15) is 36.5 Å². The van der Waals surface area contributed by atoms with Gasteiger partial charge in [0.05, 0.1) is 11.5 Å². The highest BCUT2D eigenvalue weighted by molar-refractivity contribution is 7.86. The van der Waals surface area contributed by atoms with Crippen LogP contribution in [0.5, 0.6) is 0 Å². The van der Waals surface area contributed by atoms with E-state index in [-0.39, 0.29) is 23.7 Å². The molecule has 0 saturated heterocycles. The summed E-state index contributed by atoms with van der Waals surface area (Å²) in [5, 5.41) is 0. The zero-order valence-electron chi connectivity index (χ0n) is 14.5. The Labute approximate surface area is 153 Å². The van der Waals surface area contributed by atoms with Crippen LogP contribution in [0.2, 0.25) is 0 Å². The lowest BCUT2D eigenvalue weighted by molar-refractivity contribution is -0.118. The van der Waals surface area contributed by atoms with Crippen molar-refractivity contribution in [3.05, 3.63) is 54.1 Å². The van der Waals surface area contributed by atoms with E-state index in [9.17, 15) is 18.0 Å². The van der Waals surface area contributed by atoms with E-state index in [1.54, 1.807) is 24.3 Å². The van der Waals surface area contributed by atoms with Gasteiger partial charge in [0.15, 0.2) is 5.78 Å². The minimum atomic E-state index is -3.84. The monoisotopic (exact) mass is 375 g/mol. The van der Waals surface area contributed by atoms with Crippen LogP contribution >= 0.6 is 0 Å². The summed E-state index contributed by atoms with van der Waals surface area (Å²) < 4.78 is 29.3. The number of rotatable bonds is 9. The molecular weight excluding hydrogens is 354 g/mol. The van der Waals surface area contributed by atoms with Gasteiger partial charge in [-0.25, -0.2) is 0 Å². The maximum atomic E-state index is 12.1. The van der Waals surface area contributed by atoms with E-state index in [1.807, 2.05) is 12.1 Å². The van der Waals surface area contributed by atoms with E-state index in [4.69, 9.17) is 9.92 Å². The molecule has 2 aromatic carbocycles. The average Bonchev–Trinajstić information content (AvgIpc) is 2.61. The second kappa shape index (κ2) is 8.73.